The molecule has 2 heterocycles. The van der Waals surface area contributed by atoms with Crippen molar-refractivity contribution in [2.75, 3.05) is 29.9 Å². The fourth-order valence-corrected chi connectivity index (χ4v) is 5.25. The number of hydrogen-bond donors (Lipinski definition) is 1. The van der Waals surface area contributed by atoms with E-state index in [9.17, 15) is 14.0 Å². The van der Waals surface area contributed by atoms with Gasteiger partial charge in [0.05, 0.1) is 34.8 Å². The normalized spacial score (nSPS) is 16.7. The number of benzene rings is 3. The topological polar surface area (TPSA) is 84.7 Å². The first-order valence-corrected chi connectivity index (χ1v) is 12.1. The number of ether oxygens (including phenoxy) is 1. The predicted octanol–water partition coefficient (Wildman–Crippen LogP) is 5.70. The van der Waals surface area contributed by atoms with Crippen LogP contribution in [0, 0.1) is 11.7 Å². The van der Waals surface area contributed by atoms with Crippen molar-refractivity contribution in [3.8, 4) is 11.3 Å². The number of nitrogens with one attached hydrogen (secondary N) is 1. The molecule has 0 amide bonds. The van der Waals surface area contributed by atoms with E-state index in [-0.39, 0.29) is 23.5 Å². The van der Waals surface area contributed by atoms with Crippen molar-refractivity contribution in [3.63, 3.8) is 0 Å². The van der Waals surface area contributed by atoms with Crippen LogP contribution in [0.15, 0.2) is 59.1 Å². The first kappa shape index (κ1) is 22.3. The molecule has 182 valence electrons. The number of piperidine rings is 1. The number of anilines is 3. The Balaban J connectivity index is 1.53. The van der Waals surface area contributed by atoms with Crippen molar-refractivity contribution in [2.24, 2.45) is 5.92 Å². The van der Waals surface area contributed by atoms with Gasteiger partial charge in [0, 0.05) is 29.9 Å². The van der Waals surface area contributed by atoms with E-state index in [2.05, 4.69) is 15.4 Å². The van der Waals surface area contributed by atoms with Crippen LogP contribution in [0.3, 0.4) is 0 Å². The Hall–Kier alpha value is -4.20. The minimum atomic E-state index is -0.384. The second-order valence-electron chi connectivity index (χ2n) is 9.10. The summed E-state index contributed by atoms with van der Waals surface area (Å²) in [5.74, 6) is -0.474. The molecule has 1 aliphatic heterocycles. The first-order chi connectivity index (χ1) is 17.5. The first-order valence-electron chi connectivity index (χ1n) is 12.1. The molecule has 1 saturated heterocycles. The van der Waals surface area contributed by atoms with Gasteiger partial charge in [-0.25, -0.2) is 4.39 Å². The number of carbonyl (C=O) groups is 2. The third-order valence-electron chi connectivity index (χ3n) is 6.86. The summed E-state index contributed by atoms with van der Waals surface area (Å²) in [5, 5.41) is 8.27. The highest BCUT2D eigenvalue weighted by atomic mass is 19.1. The number of carbonyl (C=O) groups excluding carboxylic acids is 2. The second-order valence-corrected chi connectivity index (χ2v) is 9.10. The van der Waals surface area contributed by atoms with E-state index < -0.39 is 0 Å². The highest BCUT2D eigenvalue weighted by Crippen LogP contribution is 2.46. The molecular formula is C28H24FN3O4. The number of esters is 1. The lowest BCUT2D eigenvalue weighted by molar-refractivity contribution is -0.148. The molecule has 0 saturated carbocycles. The number of halogens is 1. The van der Waals surface area contributed by atoms with E-state index in [1.54, 1.807) is 25.1 Å². The molecular weight excluding hydrogens is 461 g/mol. The van der Waals surface area contributed by atoms with Crippen molar-refractivity contribution in [1.29, 1.82) is 0 Å². The van der Waals surface area contributed by atoms with Crippen LogP contribution in [-0.2, 0) is 9.53 Å². The van der Waals surface area contributed by atoms with Crippen LogP contribution < -0.4 is 10.2 Å². The largest absolute Gasteiger partial charge is 0.466 e. The molecule has 0 spiro atoms. The summed E-state index contributed by atoms with van der Waals surface area (Å²) in [4.78, 5) is 28.3. The minimum absolute atomic E-state index is 0.153. The molecule has 0 unspecified atom stereocenters. The van der Waals surface area contributed by atoms with Gasteiger partial charge in [0.15, 0.2) is 11.5 Å². The van der Waals surface area contributed by atoms with Crippen molar-refractivity contribution in [2.45, 2.75) is 19.8 Å². The predicted molar refractivity (Wildman–Crippen MR) is 134 cm³/mol. The Kier molecular flexibility index (Phi) is 5.44. The molecule has 4 aromatic rings. The number of nitrogens with zero attached hydrogens (tertiary/aromatic N) is 2. The molecule has 3 aromatic carbocycles. The van der Waals surface area contributed by atoms with Gasteiger partial charge in [0.25, 0.3) is 0 Å². The fourth-order valence-electron chi connectivity index (χ4n) is 5.25. The van der Waals surface area contributed by atoms with Crippen LogP contribution in [0.5, 0.6) is 0 Å². The van der Waals surface area contributed by atoms with Crippen LogP contribution in [0.25, 0.3) is 22.2 Å². The molecule has 1 N–H and O–H groups in total. The Morgan fingerprint density at radius 2 is 2.03 bits per heavy atom. The summed E-state index contributed by atoms with van der Waals surface area (Å²) in [6.45, 7) is 3.33. The van der Waals surface area contributed by atoms with Crippen molar-refractivity contribution in [1.82, 2.24) is 5.16 Å². The lowest BCUT2D eigenvalue weighted by atomic mass is 9.86. The Bertz CT molecular complexity index is 1510. The van der Waals surface area contributed by atoms with E-state index in [4.69, 9.17) is 9.26 Å². The Labute approximate surface area is 206 Å². The molecule has 6 rings (SSSR count). The highest BCUT2D eigenvalue weighted by molar-refractivity contribution is 6.28. The monoisotopic (exact) mass is 485 g/mol. The molecule has 1 aliphatic carbocycles. The number of hydrogen-bond acceptors (Lipinski definition) is 7. The van der Waals surface area contributed by atoms with E-state index in [0.717, 1.165) is 25.1 Å². The van der Waals surface area contributed by atoms with E-state index in [1.807, 2.05) is 24.3 Å². The average Bonchev–Trinajstić information content (AvgIpc) is 3.33. The van der Waals surface area contributed by atoms with Gasteiger partial charge in [-0.3, -0.25) is 9.59 Å². The lowest BCUT2D eigenvalue weighted by Crippen LogP contribution is -2.39. The summed E-state index contributed by atoms with van der Waals surface area (Å²) >= 11 is 0. The maximum atomic E-state index is 14.0. The molecule has 1 atom stereocenters. The Morgan fingerprint density at radius 3 is 2.83 bits per heavy atom. The smallest absolute Gasteiger partial charge is 0.310 e. The van der Waals surface area contributed by atoms with E-state index >= 15 is 0 Å². The van der Waals surface area contributed by atoms with Gasteiger partial charge in [0.2, 0.25) is 0 Å². The second kappa shape index (κ2) is 8.78. The van der Waals surface area contributed by atoms with Crippen LogP contribution in [-0.4, -0.2) is 36.6 Å². The van der Waals surface area contributed by atoms with Gasteiger partial charge in [-0.2, -0.15) is 0 Å². The van der Waals surface area contributed by atoms with Crippen molar-refractivity contribution in [3.05, 3.63) is 71.5 Å². The summed E-state index contributed by atoms with van der Waals surface area (Å²) in [6.07, 6.45) is 1.56. The number of rotatable bonds is 5. The van der Waals surface area contributed by atoms with E-state index in [1.165, 1.54) is 12.1 Å². The van der Waals surface area contributed by atoms with Gasteiger partial charge in [-0.15, -0.1) is 0 Å². The molecule has 0 radical (unpaired) electrons. The third-order valence-corrected chi connectivity index (χ3v) is 6.86. The summed E-state index contributed by atoms with van der Waals surface area (Å²) in [6, 6.07) is 15.2. The van der Waals surface area contributed by atoms with Gasteiger partial charge in [0.1, 0.15) is 11.3 Å². The molecule has 2 aliphatic rings. The zero-order valence-corrected chi connectivity index (χ0v) is 19.7. The zero-order valence-electron chi connectivity index (χ0n) is 19.7. The van der Waals surface area contributed by atoms with Crippen LogP contribution >= 0.6 is 0 Å². The van der Waals surface area contributed by atoms with Crippen LogP contribution in [0.4, 0.5) is 21.5 Å². The molecule has 8 heteroatoms. The maximum absolute atomic E-state index is 14.0. The molecule has 1 aromatic heterocycles. The quantitative estimate of drug-likeness (QED) is 0.320. The number of fused-ring (bicyclic) bond motifs is 2. The summed E-state index contributed by atoms with van der Waals surface area (Å²) in [7, 11) is 0. The molecule has 7 nitrogen and oxygen atoms in total. The molecule has 1 fully saturated rings. The summed E-state index contributed by atoms with van der Waals surface area (Å²) < 4.78 is 25.1. The average molecular weight is 486 g/mol. The number of ketones is 1. The van der Waals surface area contributed by atoms with Crippen LogP contribution in [0.1, 0.15) is 35.7 Å². The lowest BCUT2D eigenvalue weighted by Gasteiger charge is -2.34. The van der Waals surface area contributed by atoms with E-state index in [0.29, 0.717) is 57.9 Å². The van der Waals surface area contributed by atoms with Gasteiger partial charge >= 0.3 is 5.97 Å². The van der Waals surface area contributed by atoms with Crippen molar-refractivity contribution < 1.29 is 23.2 Å². The molecule has 0 bridgehead atoms. The Morgan fingerprint density at radius 1 is 1.19 bits per heavy atom. The third kappa shape index (κ3) is 3.61. The fraction of sp³-hybridized carbons (Fsp3) is 0.250. The zero-order chi connectivity index (χ0) is 24.8. The highest BCUT2D eigenvalue weighted by Gasteiger charge is 2.35. The SMILES string of the molecule is CCOC(=O)[C@H]1CCCN(c2cc(Nc3cccc(F)c3)c3c4c(onc24)-c2ccccc2C3=O)C1. The maximum Gasteiger partial charge on any atom is 0.310 e. The van der Waals surface area contributed by atoms with Gasteiger partial charge in [-0.1, -0.05) is 35.5 Å². The van der Waals surface area contributed by atoms with Gasteiger partial charge in [-0.05, 0) is 44.0 Å². The summed E-state index contributed by atoms with van der Waals surface area (Å²) in [5.41, 5.74) is 4.02. The molecule has 36 heavy (non-hydrogen) atoms. The van der Waals surface area contributed by atoms with Crippen molar-refractivity contribution >= 4 is 39.7 Å². The standard InChI is InChI=1S/C28H24FN3O4/c1-2-35-28(34)16-7-6-12-32(15-16)22-14-21(30-18-9-5-8-17(29)13-18)23-24-25(22)31-36-27(24)20-11-4-3-10-19(20)26(23)33/h3-5,8-11,13-14,16,30H,2,6-7,12,15H2,1H3/t16-/m0/s1. The van der Waals surface area contributed by atoms with Crippen LogP contribution in [0.2, 0.25) is 0 Å². The minimum Gasteiger partial charge on any atom is -0.466 e. The van der Waals surface area contributed by atoms with Gasteiger partial charge < -0.3 is 19.5 Å². The number of aromatic nitrogens is 1.